The zero-order chi connectivity index (χ0) is 15.7. The molecule has 0 saturated heterocycles. The number of hydrogen-bond acceptors (Lipinski definition) is 4. The van der Waals surface area contributed by atoms with Gasteiger partial charge in [0.25, 0.3) is 5.91 Å². The molecule has 1 heterocycles. The maximum atomic E-state index is 12.2. The Hall–Kier alpha value is -1.90. The molecule has 0 atom stereocenters. The number of rotatable bonds is 6. The Morgan fingerprint density at radius 1 is 1.52 bits per heavy atom. The summed E-state index contributed by atoms with van der Waals surface area (Å²) < 4.78 is 5.53. The Morgan fingerprint density at radius 3 is 2.95 bits per heavy atom. The molecule has 0 aliphatic rings. The van der Waals surface area contributed by atoms with Crippen LogP contribution in [0, 0.1) is 11.8 Å². The van der Waals surface area contributed by atoms with Crippen LogP contribution in [0.5, 0.6) is 0 Å². The first-order valence-electron chi connectivity index (χ1n) is 6.97. The van der Waals surface area contributed by atoms with Crippen molar-refractivity contribution in [3.63, 3.8) is 0 Å². The molecule has 21 heavy (non-hydrogen) atoms. The molecule has 0 aliphatic carbocycles. The number of nitrogens with zero attached hydrogens (tertiary/aromatic N) is 1. The van der Waals surface area contributed by atoms with Crippen molar-refractivity contribution in [2.75, 3.05) is 19.8 Å². The predicted molar refractivity (Wildman–Crippen MR) is 80.9 cm³/mol. The van der Waals surface area contributed by atoms with Crippen molar-refractivity contribution < 1.29 is 14.6 Å². The lowest BCUT2D eigenvalue weighted by Crippen LogP contribution is -2.40. The van der Waals surface area contributed by atoms with E-state index >= 15 is 0 Å². The molecular weight excluding hydrogens is 268 g/mol. The monoisotopic (exact) mass is 290 g/mol. The van der Waals surface area contributed by atoms with Gasteiger partial charge in [0.1, 0.15) is 5.69 Å². The highest BCUT2D eigenvalue weighted by Crippen LogP contribution is 2.08. The summed E-state index contributed by atoms with van der Waals surface area (Å²) in [4.78, 5) is 16.3. The number of ether oxygens (including phenoxy) is 1. The molecular formula is C16H22N2O3. The largest absolute Gasteiger partial charge is 0.395 e. The zero-order valence-electron chi connectivity index (χ0n) is 12.8. The van der Waals surface area contributed by atoms with E-state index in [1.807, 2.05) is 20.8 Å². The molecule has 114 valence electrons. The Bertz CT molecular complexity index is 530. The van der Waals surface area contributed by atoms with Crippen LogP contribution >= 0.6 is 0 Å². The summed E-state index contributed by atoms with van der Waals surface area (Å²) in [6, 6.07) is 3.46. The average Bonchev–Trinajstić information content (AvgIpc) is 2.46. The van der Waals surface area contributed by atoms with Crippen LogP contribution in [0.15, 0.2) is 18.3 Å². The second-order valence-corrected chi connectivity index (χ2v) is 5.05. The SMILES string of the molecule is CCOC(C)(C)CNC(=O)c1ncccc1C#CCCO. The normalized spacial score (nSPS) is 10.7. The molecule has 0 bridgehead atoms. The predicted octanol–water partition coefficient (Wildman–Crippen LogP) is 1.36. The molecule has 0 radical (unpaired) electrons. The fourth-order valence-corrected chi connectivity index (χ4v) is 1.72. The Morgan fingerprint density at radius 2 is 2.29 bits per heavy atom. The second-order valence-electron chi connectivity index (χ2n) is 5.05. The number of hydrogen-bond donors (Lipinski definition) is 2. The number of aliphatic hydroxyl groups is 1. The van der Waals surface area contributed by atoms with Crippen LogP contribution in [0.3, 0.4) is 0 Å². The van der Waals surface area contributed by atoms with E-state index in [0.717, 1.165) is 0 Å². The molecule has 1 aromatic heterocycles. The highest BCUT2D eigenvalue weighted by Gasteiger charge is 2.20. The summed E-state index contributed by atoms with van der Waals surface area (Å²) in [6.07, 6.45) is 1.92. The van der Waals surface area contributed by atoms with Crippen LogP contribution in [-0.2, 0) is 4.74 Å². The summed E-state index contributed by atoms with van der Waals surface area (Å²) in [5, 5.41) is 11.5. The van der Waals surface area contributed by atoms with Gasteiger partial charge >= 0.3 is 0 Å². The molecule has 0 spiro atoms. The van der Waals surface area contributed by atoms with E-state index in [1.165, 1.54) is 0 Å². The number of aromatic nitrogens is 1. The molecule has 0 fully saturated rings. The van der Waals surface area contributed by atoms with Crippen LogP contribution in [0.1, 0.15) is 43.2 Å². The topological polar surface area (TPSA) is 71.5 Å². The number of carbonyl (C=O) groups is 1. The molecule has 0 aliphatic heterocycles. The number of aliphatic hydroxyl groups excluding tert-OH is 1. The molecule has 0 saturated carbocycles. The smallest absolute Gasteiger partial charge is 0.271 e. The summed E-state index contributed by atoms with van der Waals surface area (Å²) in [6.45, 7) is 6.72. The number of nitrogens with one attached hydrogen (secondary N) is 1. The van der Waals surface area contributed by atoms with Gasteiger partial charge in [-0.1, -0.05) is 11.8 Å². The van der Waals surface area contributed by atoms with Crippen molar-refractivity contribution in [2.24, 2.45) is 0 Å². The maximum absolute atomic E-state index is 12.2. The van der Waals surface area contributed by atoms with Gasteiger partial charge < -0.3 is 15.2 Å². The fraction of sp³-hybridized carbons (Fsp3) is 0.500. The van der Waals surface area contributed by atoms with Crippen molar-refractivity contribution in [2.45, 2.75) is 32.8 Å². The maximum Gasteiger partial charge on any atom is 0.271 e. The molecule has 1 amide bonds. The van der Waals surface area contributed by atoms with Crippen LogP contribution in [0.25, 0.3) is 0 Å². The summed E-state index contributed by atoms with van der Waals surface area (Å²) >= 11 is 0. The van der Waals surface area contributed by atoms with E-state index < -0.39 is 5.60 Å². The minimum Gasteiger partial charge on any atom is -0.395 e. The van der Waals surface area contributed by atoms with E-state index in [-0.39, 0.29) is 18.2 Å². The molecule has 5 nitrogen and oxygen atoms in total. The van der Waals surface area contributed by atoms with Gasteiger partial charge in [0, 0.05) is 25.8 Å². The van der Waals surface area contributed by atoms with Crippen molar-refractivity contribution in [1.29, 1.82) is 0 Å². The van der Waals surface area contributed by atoms with E-state index in [2.05, 4.69) is 22.1 Å². The Labute approximate surface area is 125 Å². The van der Waals surface area contributed by atoms with E-state index in [9.17, 15) is 4.79 Å². The first-order chi connectivity index (χ1) is 10.00. The van der Waals surface area contributed by atoms with Crippen LogP contribution < -0.4 is 5.32 Å². The van der Waals surface area contributed by atoms with E-state index in [4.69, 9.17) is 9.84 Å². The first-order valence-corrected chi connectivity index (χ1v) is 6.97. The zero-order valence-corrected chi connectivity index (χ0v) is 12.8. The lowest BCUT2D eigenvalue weighted by atomic mass is 10.1. The number of amides is 1. The summed E-state index contributed by atoms with van der Waals surface area (Å²) in [5.41, 5.74) is 0.412. The standard InChI is InChI=1S/C16H22N2O3/c1-4-21-16(2,3)12-18-15(20)14-13(8-5-6-11-19)9-7-10-17-14/h7,9-10,19H,4,6,11-12H2,1-3H3,(H,18,20). The minimum atomic E-state index is -0.429. The van der Waals surface area contributed by atoms with Gasteiger partial charge in [0.15, 0.2) is 0 Å². The quantitative estimate of drug-likeness (QED) is 0.776. The Kier molecular flexibility index (Phi) is 6.86. The third-order valence-electron chi connectivity index (χ3n) is 2.69. The van der Waals surface area contributed by atoms with Gasteiger partial charge in [0.2, 0.25) is 0 Å². The third-order valence-corrected chi connectivity index (χ3v) is 2.69. The lowest BCUT2D eigenvalue weighted by Gasteiger charge is -2.24. The van der Waals surface area contributed by atoms with Gasteiger partial charge in [-0.3, -0.25) is 4.79 Å². The first kappa shape index (κ1) is 17.2. The van der Waals surface area contributed by atoms with Crippen LogP contribution in [0.4, 0.5) is 0 Å². The van der Waals surface area contributed by atoms with Crippen molar-refractivity contribution in [3.8, 4) is 11.8 Å². The summed E-state index contributed by atoms with van der Waals surface area (Å²) in [5.74, 6) is 5.37. The minimum absolute atomic E-state index is 0.00264. The fourth-order valence-electron chi connectivity index (χ4n) is 1.72. The van der Waals surface area contributed by atoms with Crippen molar-refractivity contribution in [3.05, 3.63) is 29.6 Å². The van der Waals surface area contributed by atoms with Crippen molar-refractivity contribution in [1.82, 2.24) is 10.3 Å². The van der Waals surface area contributed by atoms with Crippen LogP contribution in [0.2, 0.25) is 0 Å². The average molecular weight is 290 g/mol. The number of pyridine rings is 1. The third kappa shape index (κ3) is 5.94. The molecule has 0 unspecified atom stereocenters. The van der Waals surface area contributed by atoms with Gasteiger partial charge in [-0.05, 0) is 32.9 Å². The van der Waals surface area contributed by atoms with E-state index in [1.54, 1.807) is 18.3 Å². The van der Waals surface area contributed by atoms with E-state index in [0.29, 0.717) is 25.1 Å². The van der Waals surface area contributed by atoms with Gasteiger partial charge in [-0.25, -0.2) is 4.98 Å². The molecule has 0 aromatic carbocycles. The Balaban J connectivity index is 2.77. The molecule has 5 heteroatoms. The molecule has 2 N–H and O–H groups in total. The lowest BCUT2D eigenvalue weighted by molar-refractivity contribution is -0.00818. The van der Waals surface area contributed by atoms with Gasteiger partial charge in [0.05, 0.1) is 17.8 Å². The second kappa shape index (κ2) is 8.40. The summed E-state index contributed by atoms with van der Waals surface area (Å²) in [7, 11) is 0. The highest BCUT2D eigenvalue weighted by molar-refractivity contribution is 5.94. The van der Waals surface area contributed by atoms with Gasteiger partial charge in [-0.15, -0.1) is 0 Å². The molecule has 1 rings (SSSR count). The van der Waals surface area contributed by atoms with Crippen LogP contribution in [-0.4, -0.2) is 41.4 Å². The molecule has 1 aromatic rings. The van der Waals surface area contributed by atoms with Crippen molar-refractivity contribution >= 4 is 5.91 Å². The number of carbonyl (C=O) groups excluding carboxylic acids is 1. The van der Waals surface area contributed by atoms with Gasteiger partial charge in [-0.2, -0.15) is 0 Å². The highest BCUT2D eigenvalue weighted by atomic mass is 16.5.